The molecule has 1 saturated heterocycles. The lowest BCUT2D eigenvalue weighted by atomic mass is 10.1. The summed E-state index contributed by atoms with van der Waals surface area (Å²) >= 11 is 5.94. The Morgan fingerprint density at radius 3 is 2.44 bits per heavy atom. The molecule has 0 atom stereocenters. The van der Waals surface area contributed by atoms with E-state index in [9.17, 15) is 33.3 Å². The number of thioether (sulfide) groups is 1. The number of aromatic hydroxyl groups is 3. The highest BCUT2D eigenvalue weighted by molar-refractivity contribution is 8.27. The van der Waals surface area contributed by atoms with Gasteiger partial charge in [0.2, 0.25) is 5.75 Å². The van der Waals surface area contributed by atoms with Gasteiger partial charge in [-0.15, -0.1) is 0 Å². The molecule has 0 unspecified atom stereocenters. The molecule has 0 spiro atoms. The molecule has 0 aliphatic carbocycles. The first-order valence-electron chi connectivity index (χ1n) is 7.28. The van der Waals surface area contributed by atoms with Crippen LogP contribution in [0.5, 0.6) is 17.2 Å². The fourth-order valence-electron chi connectivity index (χ4n) is 2.35. The summed E-state index contributed by atoms with van der Waals surface area (Å²) in [7, 11) is 0. The predicted octanol–water partition coefficient (Wildman–Crippen LogP) is 4.23. The van der Waals surface area contributed by atoms with E-state index < -0.39 is 34.9 Å². The van der Waals surface area contributed by atoms with E-state index >= 15 is 0 Å². The van der Waals surface area contributed by atoms with Crippen LogP contribution in [0.25, 0.3) is 6.08 Å². The number of alkyl halides is 3. The number of phenolic OH excluding ortho intramolecular Hbond substituents is 3. The number of amides is 1. The maximum atomic E-state index is 12.9. The van der Waals surface area contributed by atoms with Gasteiger partial charge in [0.05, 0.1) is 16.2 Å². The highest BCUT2D eigenvalue weighted by atomic mass is 32.2. The molecule has 3 rings (SSSR count). The van der Waals surface area contributed by atoms with Crippen LogP contribution in [-0.2, 0) is 11.0 Å². The van der Waals surface area contributed by atoms with Crippen LogP contribution in [-0.4, -0.2) is 25.5 Å². The fraction of sp³-hybridized carbons (Fsp3) is 0.0588. The van der Waals surface area contributed by atoms with Crippen molar-refractivity contribution in [2.75, 3.05) is 4.90 Å². The number of anilines is 1. The Morgan fingerprint density at radius 1 is 1.07 bits per heavy atom. The minimum absolute atomic E-state index is 0.0214. The van der Waals surface area contributed by atoms with Gasteiger partial charge in [-0.25, -0.2) is 0 Å². The first-order chi connectivity index (χ1) is 12.6. The van der Waals surface area contributed by atoms with Crippen molar-refractivity contribution in [3.8, 4) is 17.2 Å². The lowest BCUT2D eigenvalue weighted by molar-refractivity contribution is -0.137. The van der Waals surface area contributed by atoms with Crippen molar-refractivity contribution < 1.29 is 33.3 Å². The quantitative estimate of drug-likeness (QED) is 0.389. The molecule has 2 aromatic carbocycles. The number of carbonyl (C=O) groups is 1. The summed E-state index contributed by atoms with van der Waals surface area (Å²) in [6.07, 6.45) is -3.34. The second-order valence-corrected chi connectivity index (χ2v) is 7.11. The van der Waals surface area contributed by atoms with Crippen LogP contribution in [0, 0.1) is 0 Å². The summed E-state index contributed by atoms with van der Waals surface area (Å²) < 4.78 is 38.7. The molecule has 0 bridgehead atoms. The first-order valence-corrected chi connectivity index (χ1v) is 8.51. The Bertz CT molecular complexity index is 989. The lowest BCUT2D eigenvalue weighted by Crippen LogP contribution is -2.27. The zero-order valence-corrected chi connectivity index (χ0v) is 14.8. The van der Waals surface area contributed by atoms with E-state index in [1.807, 2.05) is 0 Å². The molecule has 5 nitrogen and oxygen atoms in total. The number of benzene rings is 2. The number of halogens is 3. The first kappa shape index (κ1) is 19.1. The molecule has 1 aliphatic rings. The number of nitrogens with zero attached hydrogens (tertiary/aromatic N) is 1. The third-order valence-electron chi connectivity index (χ3n) is 3.67. The Balaban J connectivity index is 1.98. The minimum atomic E-state index is -4.57. The molecule has 10 heteroatoms. The van der Waals surface area contributed by atoms with Crippen molar-refractivity contribution in [1.82, 2.24) is 0 Å². The third-order valence-corrected chi connectivity index (χ3v) is 4.98. The van der Waals surface area contributed by atoms with Crippen LogP contribution in [0.4, 0.5) is 18.9 Å². The van der Waals surface area contributed by atoms with Crippen LogP contribution in [0.3, 0.4) is 0 Å². The standard InChI is InChI=1S/C17H10F3NO4S2/c18-17(19,20)9-2-1-3-10(7-9)21-15(25)12(27-16(21)26)6-8-4-5-11(22)14(24)13(8)23/h1-7,22-24H/b12-6-. The third kappa shape index (κ3) is 3.58. The Kier molecular flexibility index (Phi) is 4.79. The van der Waals surface area contributed by atoms with E-state index in [4.69, 9.17) is 12.2 Å². The number of hydrogen-bond acceptors (Lipinski definition) is 6. The molecular weight excluding hydrogens is 403 g/mol. The number of carbonyl (C=O) groups excluding carboxylic acids is 1. The van der Waals surface area contributed by atoms with Crippen molar-refractivity contribution in [1.29, 1.82) is 0 Å². The number of rotatable bonds is 2. The van der Waals surface area contributed by atoms with Gasteiger partial charge in [0.25, 0.3) is 5.91 Å². The van der Waals surface area contributed by atoms with Crippen LogP contribution in [0.2, 0.25) is 0 Å². The smallest absolute Gasteiger partial charge is 0.416 e. The average molecular weight is 413 g/mol. The summed E-state index contributed by atoms with van der Waals surface area (Å²) in [4.78, 5) is 13.6. The molecule has 0 radical (unpaired) electrons. The molecule has 1 amide bonds. The molecule has 1 fully saturated rings. The summed E-state index contributed by atoms with van der Waals surface area (Å²) in [5.41, 5.74) is -0.914. The predicted molar refractivity (Wildman–Crippen MR) is 98.5 cm³/mol. The molecule has 0 aromatic heterocycles. The number of phenols is 3. The van der Waals surface area contributed by atoms with Crippen molar-refractivity contribution in [2.45, 2.75) is 6.18 Å². The maximum Gasteiger partial charge on any atom is 0.416 e. The largest absolute Gasteiger partial charge is 0.504 e. The Labute approximate surface area is 160 Å². The van der Waals surface area contributed by atoms with E-state index in [0.717, 1.165) is 34.9 Å². The molecule has 0 saturated carbocycles. The molecule has 27 heavy (non-hydrogen) atoms. The summed E-state index contributed by atoms with van der Waals surface area (Å²) in [6.45, 7) is 0. The molecule has 3 N–H and O–H groups in total. The van der Waals surface area contributed by atoms with Gasteiger partial charge in [-0.2, -0.15) is 13.2 Å². The minimum Gasteiger partial charge on any atom is -0.504 e. The Hall–Kier alpha value is -2.72. The average Bonchev–Trinajstić information content (AvgIpc) is 2.88. The maximum absolute atomic E-state index is 12.9. The summed E-state index contributed by atoms with van der Waals surface area (Å²) in [5.74, 6) is -2.60. The van der Waals surface area contributed by atoms with Gasteiger partial charge in [-0.3, -0.25) is 9.69 Å². The van der Waals surface area contributed by atoms with Gasteiger partial charge < -0.3 is 15.3 Å². The number of hydrogen-bond donors (Lipinski definition) is 3. The van der Waals surface area contributed by atoms with Crippen molar-refractivity contribution in [2.24, 2.45) is 0 Å². The van der Waals surface area contributed by atoms with Gasteiger partial charge >= 0.3 is 6.18 Å². The van der Waals surface area contributed by atoms with Gasteiger partial charge in [0, 0.05) is 5.56 Å². The SMILES string of the molecule is O=C1/C(=C/c2ccc(O)c(O)c2O)SC(=S)N1c1cccc(C(F)(F)F)c1. The van der Waals surface area contributed by atoms with E-state index in [-0.39, 0.29) is 20.5 Å². The number of thiocarbonyl (C=S) groups is 1. The van der Waals surface area contributed by atoms with Gasteiger partial charge in [-0.1, -0.05) is 30.0 Å². The van der Waals surface area contributed by atoms with Crippen molar-refractivity contribution >= 4 is 46.0 Å². The van der Waals surface area contributed by atoms with E-state index in [2.05, 4.69) is 0 Å². The monoisotopic (exact) mass is 413 g/mol. The van der Waals surface area contributed by atoms with E-state index in [0.29, 0.717) is 0 Å². The normalized spacial score (nSPS) is 16.4. The zero-order chi connectivity index (χ0) is 19.9. The van der Waals surface area contributed by atoms with Gasteiger partial charge in [-0.05, 0) is 36.4 Å². The summed E-state index contributed by atoms with van der Waals surface area (Å²) in [6, 6.07) is 6.58. The summed E-state index contributed by atoms with van der Waals surface area (Å²) in [5, 5.41) is 28.7. The van der Waals surface area contributed by atoms with Crippen LogP contribution in [0.15, 0.2) is 41.3 Å². The second-order valence-electron chi connectivity index (χ2n) is 5.44. The molecule has 1 heterocycles. The highest BCUT2D eigenvalue weighted by Gasteiger charge is 2.36. The molecule has 140 valence electrons. The second kappa shape index (κ2) is 6.78. The van der Waals surface area contributed by atoms with Crippen LogP contribution < -0.4 is 4.90 Å². The van der Waals surface area contributed by atoms with Crippen molar-refractivity contribution in [3.05, 3.63) is 52.4 Å². The zero-order valence-electron chi connectivity index (χ0n) is 13.2. The van der Waals surface area contributed by atoms with E-state index in [1.165, 1.54) is 24.3 Å². The van der Waals surface area contributed by atoms with Crippen LogP contribution in [0.1, 0.15) is 11.1 Å². The van der Waals surface area contributed by atoms with Crippen LogP contribution >= 0.6 is 24.0 Å². The van der Waals surface area contributed by atoms with E-state index in [1.54, 1.807) is 0 Å². The molecule has 1 aliphatic heterocycles. The van der Waals surface area contributed by atoms with Gasteiger partial charge in [0.15, 0.2) is 15.8 Å². The lowest BCUT2D eigenvalue weighted by Gasteiger charge is -2.16. The molecule has 2 aromatic rings. The van der Waals surface area contributed by atoms with Crippen molar-refractivity contribution in [3.63, 3.8) is 0 Å². The van der Waals surface area contributed by atoms with Gasteiger partial charge in [0.1, 0.15) is 0 Å². The fourth-order valence-corrected chi connectivity index (χ4v) is 3.64. The highest BCUT2D eigenvalue weighted by Crippen LogP contribution is 2.42. The Morgan fingerprint density at radius 2 is 1.78 bits per heavy atom. The topological polar surface area (TPSA) is 81.0 Å². The molecular formula is C17H10F3NO4S2.